The van der Waals surface area contributed by atoms with Crippen LogP contribution in [0.5, 0.6) is 0 Å². The molecule has 2 spiro atoms. The van der Waals surface area contributed by atoms with E-state index in [1.54, 1.807) is 18.2 Å². The number of sulfonamides is 1. The van der Waals surface area contributed by atoms with E-state index in [2.05, 4.69) is 26.7 Å². The van der Waals surface area contributed by atoms with Crippen molar-refractivity contribution in [1.29, 1.82) is 0 Å². The van der Waals surface area contributed by atoms with Crippen LogP contribution in [0.25, 0.3) is 0 Å². The van der Waals surface area contributed by atoms with Crippen molar-refractivity contribution >= 4 is 37.5 Å². The van der Waals surface area contributed by atoms with Gasteiger partial charge in [-0.05, 0) is 98.7 Å². The SMILES string of the molecule is O=C(c1cccc(S(=O)(=O)NC2CC=CC2)c1)N1CC2(CCC3(CC3)CC2)c2cc(Br)ccc21. The van der Waals surface area contributed by atoms with Crippen LogP contribution in [0.2, 0.25) is 0 Å². The maximum Gasteiger partial charge on any atom is 0.258 e. The highest BCUT2D eigenvalue weighted by Gasteiger charge is 2.53. The van der Waals surface area contributed by atoms with E-state index in [9.17, 15) is 13.2 Å². The number of hydrogen-bond donors (Lipinski definition) is 1. The molecule has 34 heavy (non-hydrogen) atoms. The molecular weight excluding hydrogens is 512 g/mol. The summed E-state index contributed by atoms with van der Waals surface area (Å²) in [6.45, 7) is 0.663. The summed E-state index contributed by atoms with van der Waals surface area (Å²) in [6, 6.07) is 12.6. The molecule has 7 heteroatoms. The van der Waals surface area contributed by atoms with Gasteiger partial charge in [0, 0.05) is 33.7 Å². The Bertz CT molecular complexity index is 1280. The van der Waals surface area contributed by atoms with E-state index in [0.717, 1.165) is 23.0 Å². The lowest BCUT2D eigenvalue weighted by molar-refractivity contribution is 0.0980. The van der Waals surface area contributed by atoms with Gasteiger partial charge in [-0.1, -0.05) is 34.1 Å². The average molecular weight is 542 g/mol. The second kappa shape index (κ2) is 8.04. The molecule has 2 aromatic rings. The first-order valence-electron chi connectivity index (χ1n) is 12.2. The quantitative estimate of drug-likeness (QED) is 0.506. The molecule has 0 aromatic heterocycles. The van der Waals surface area contributed by atoms with E-state index in [-0.39, 0.29) is 22.3 Å². The third-order valence-corrected chi connectivity index (χ3v) is 10.5. The number of halogens is 1. The van der Waals surface area contributed by atoms with E-state index in [1.807, 2.05) is 29.2 Å². The molecule has 0 atom stereocenters. The maximum atomic E-state index is 13.8. The monoisotopic (exact) mass is 540 g/mol. The zero-order valence-electron chi connectivity index (χ0n) is 19.1. The highest BCUT2D eigenvalue weighted by Crippen LogP contribution is 2.62. The summed E-state index contributed by atoms with van der Waals surface area (Å²) >= 11 is 3.64. The molecule has 3 aliphatic carbocycles. The Morgan fingerprint density at radius 2 is 1.68 bits per heavy atom. The van der Waals surface area contributed by atoms with Crippen molar-refractivity contribution in [2.75, 3.05) is 11.4 Å². The smallest absolute Gasteiger partial charge is 0.258 e. The van der Waals surface area contributed by atoms with Gasteiger partial charge in [-0.15, -0.1) is 0 Å². The molecule has 1 heterocycles. The lowest BCUT2D eigenvalue weighted by atomic mass is 9.66. The lowest BCUT2D eigenvalue weighted by Crippen LogP contribution is -2.40. The summed E-state index contributed by atoms with van der Waals surface area (Å²) in [5.41, 5.74) is 3.18. The summed E-state index contributed by atoms with van der Waals surface area (Å²) in [7, 11) is -3.69. The topological polar surface area (TPSA) is 66.5 Å². The van der Waals surface area contributed by atoms with E-state index in [4.69, 9.17) is 0 Å². The molecule has 6 rings (SSSR count). The van der Waals surface area contributed by atoms with E-state index in [0.29, 0.717) is 30.4 Å². The van der Waals surface area contributed by atoms with E-state index in [1.165, 1.54) is 37.3 Å². The molecule has 0 radical (unpaired) electrons. The number of nitrogens with zero attached hydrogens (tertiary/aromatic N) is 1. The van der Waals surface area contributed by atoms with Crippen molar-refractivity contribution in [1.82, 2.24) is 4.72 Å². The number of benzene rings is 2. The summed E-state index contributed by atoms with van der Waals surface area (Å²) in [5.74, 6) is -0.133. The van der Waals surface area contributed by atoms with Gasteiger partial charge in [0.1, 0.15) is 0 Å². The molecule has 5 nitrogen and oxygen atoms in total. The van der Waals surface area contributed by atoms with Crippen molar-refractivity contribution in [2.24, 2.45) is 5.41 Å². The van der Waals surface area contributed by atoms with Crippen LogP contribution in [-0.4, -0.2) is 26.9 Å². The minimum atomic E-state index is -3.69. The Balaban J connectivity index is 1.30. The van der Waals surface area contributed by atoms with Crippen molar-refractivity contribution in [3.63, 3.8) is 0 Å². The molecule has 178 valence electrons. The first-order chi connectivity index (χ1) is 16.3. The fraction of sp³-hybridized carbons (Fsp3) is 0.444. The maximum absolute atomic E-state index is 13.8. The Hall–Kier alpha value is -1.96. The summed E-state index contributed by atoms with van der Waals surface area (Å²) in [5, 5.41) is 0. The second-order valence-electron chi connectivity index (χ2n) is 10.6. The molecule has 1 aliphatic heterocycles. The van der Waals surface area contributed by atoms with Crippen molar-refractivity contribution in [3.05, 3.63) is 70.2 Å². The fourth-order valence-electron chi connectivity index (χ4n) is 6.14. The molecule has 0 unspecified atom stereocenters. The van der Waals surface area contributed by atoms with Crippen LogP contribution < -0.4 is 9.62 Å². The van der Waals surface area contributed by atoms with Crippen LogP contribution in [0, 0.1) is 5.41 Å². The van der Waals surface area contributed by atoms with Crippen LogP contribution in [0.4, 0.5) is 5.69 Å². The third-order valence-electron chi connectivity index (χ3n) is 8.47. The molecule has 0 bridgehead atoms. The number of rotatable bonds is 4. The van der Waals surface area contributed by atoms with Crippen LogP contribution in [-0.2, 0) is 15.4 Å². The second-order valence-corrected chi connectivity index (χ2v) is 13.3. The standard InChI is InChI=1S/C27H29BrN2O3S/c28-20-8-9-24-23(17-20)27(14-12-26(10-11-26)13-15-27)18-30(24)25(31)19-4-3-7-22(16-19)34(32,33)29-21-5-1-2-6-21/h1-4,7-9,16-17,21,29H,5-6,10-15,18H2. The lowest BCUT2D eigenvalue weighted by Gasteiger charge is -2.38. The van der Waals surface area contributed by atoms with Gasteiger partial charge < -0.3 is 4.90 Å². The molecule has 1 N–H and O–H groups in total. The molecule has 2 aromatic carbocycles. The van der Waals surface area contributed by atoms with Crippen LogP contribution in [0.15, 0.2) is 64.0 Å². The number of carbonyl (C=O) groups is 1. The minimum absolute atomic E-state index is 0.0106. The Morgan fingerprint density at radius 1 is 0.971 bits per heavy atom. The van der Waals surface area contributed by atoms with Gasteiger partial charge in [-0.25, -0.2) is 13.1 Å². The zero-order chi connectivity index (χ0) is 23.6. The Morgan fingerprint density at radius 3 is 2.38 bits per heavy atom. The number of fused-ring (bicyclic) bond motifs is 2. The normalized spacial score (nSPS) is 22.4. The number of nitrogens with one attached hydrogen (secondary N) is 1. The zero-order valence-corrected chi connectivity index (χ0v) is 21.5. The van der Waals surface area contributed by atoms with E-state index < -0.39 is 10.0 Å². The largest absolute Gasteiger partial charge is 0.307 e. The minimum Gasteiger partial charge on any atom is -0.307 e. The predicted molar refractivity (Wildman–Crippen MR) is 137 cm³/mol. The molecule has 2 saturated carbocycles. The number of carbonyl (C=O) groups excluding carboxylic acids is 1. The number of hydrogen-bond acceptors (Lipinski definition) is 3. The Kier molecular flexibility index (Phi) is 5.32. The van der Waals surface area contributed by atoms with Crippen LogP contribution in [0.3, 0.4) is 0 Å². The molecule has 4 aliphatic rings. The van der Waals surface area contributed by atoms with Gasteiger partial charge in [0.25, 0.3) is 5.91 Å². The van der Waals surface area contributed by atoms with Gasteiger partial charge in [-0.3, -0.25) is 4.79 Å². The van der Waals surface area contributed by atoms with Gasteiger partial charge >= 0.3 is 0 Å². The van der Waals surface area contributed by atoms with E-state index >= 15 is 0 Å². The average Bonchev–Trinajstić information content (AvgIpc) is 3.26. The predicted octanol–water partition coefficient (Wildman–Crippen LogP) is 5.70. The van der Waals surface area contributed by atoms with Crippen molar-refractivity contribution < 1.29 is 13.2 Å². The fourth-order valence-corrected chi connectivity index (χ4v) is 7.81. The van der Waals surface area contributed by atoms with Crippen LogP contribution >= 0.6 is 15.9 Å². The van der Waals surface area contributed by atoms with Crippen LogP contribution in [0.1, 0.15) is 67.3 Å². The third kappa shape index (κ3) is 3.86. The summed E-state index contributed by atoms with van der Waals surface area (Å²) in [6.07, 6.45) is 12.7. The van der Waals surface area contributed by atoms with Gasteiger partial charge in [0.15, 0.2) is 0 Å². The molecule has 2 fully saturated rings. The number of amides is 1. The highest BCUT2D eigenvalue weighted by molar-refractivity contribution is 9.10. The Labute approximate surface area is 209 Å². The first-order valence-corrected chi connectivity index (χ1v) is 14.5. The highest BCUT2D eigenvalue weighted by atomic mass is 79.9. The van der Waals surface area contributed by atoms with Gasteiger partial charge in [0.05, 0.1) is 4.90 Å². The summed E-state index contributed by atoms with van der Waals surface area (Å²) < 4.78 is 29.7. The molecular formula is C27H29BrN2O3S. The van der Waals surface area contributed by atoms with Gasteiger partial charge in [0.2, 0.25) is 10.0 Å². The molecule has 1 amide bonds. The van der Waals surface area contributed by atoms with Gasteiger partial charge in [-0.2, -0.15) is 0 Å². The molecule has 0 saturated heterocycles. The first kappa shape index (κ1) is 22.5. The summed E-state index contributed by atoms with van der Waals surface area (Å²) in [4.78, 5) is 15.8. The number of anilines is 1. The van der Waals surface area contributed by atoms with Crippen molar-refractivity contribution in [2.45, 2.75) is 67.7 Å². The van der Waals surface area contributed by atoms with Crippen molar-refractivity contribution in [3.8, 4) is 0 Å².